The molecule has 0 aliphatic rings. The maximum absolute atomic E-state index is 4.08. The topological polar surface area (TPSA) is 56.5 Å². The highest BCUT2D eigenvalue weighted by Crippen LogP contribution is 2.21. The van der Waals surface area contributed by atoms with Gasteiger partial charge < -0.3 is 0 Å². The van der Waals surface area contributed by atoms with Gasteiger partial charge in [0.15, 0.2) is 5.82 Å². The second-order valence-corrected chi connectivity index (χ2v) is 3.93. The van der Waals surface area contributed by atoms with Crippen LogP contribution in [0, 0.1) is 0 Å². The van der Waals surface area contributed by atoms with Gasteiger partial charge in [0, 0.05) is 5.69 Å². The van der Waals surface area contributed by atoms with Crippen LogP contribution >= 0.6 is 11.5 Å². The highest BCUT2D eigenvalue weighted by atomic mass is 32.1. The molecule has 16 heavy (non-hydrogen) atoms. The molecule has 78 valence electrons. The molecule has 0 spiro atoms. The summed E-state index contributed by atoms with van der Waals surface area (Å²) in [5, 5.41) is 11.8. The summed E-state index contributed by atoms with van der Waals surface area (Å²) in [6.07, 6.45) is 3.37. The van der Waals surface area contributed by atoms with Gasteiger partial charge in [-0.15, -0.1) is 15.3 Å². The summed E-state index contributed by atoms with van der Waals surface area (Å²) in [7, 11) is 0. The fraction of sp³-hybridized carbons (Fsp3) is 0. The Labute approximate surface area is 95.6 Å². The second kappa shape index (κ2) is 3.82. The van der Waals surface area contributed by atoms with Crippen molar-refractivity contribution >= 4 is 11.5 Å². The molecule has 0 aliphatic carbocycles. The van der Waals surface area contributed by atoms with Gasteiger partial charge in [-0.05, 0) is 23.7 Å². The number of hydrogen-bond acceptors (Lipinski definition) is 5. The summed E-state index contributed by atoms with van der Waals surface area (Å²) in [4.78, 5) is 0.904. The highest BCUT2D eigenvalue weighted by molar-refractivity contribution is 7.09. The molecule has 2 aromatic heterocycles. The molecule has 0 unspecified atom stereocenters. The van der Waals surface area contributed by atoms with Crippen molar-refractivity contribution in [2.45, 2.75) is 0 Å². The molecule has 0 atom stereocenters. The smallest absolute Gasteiger partial charge is 0.181 e. The zero-order valence-corrected chi connectivity index (χ0v) is 9.00. The molecule has 0 aliphatic heterocycles. The minimum atomic E-state index is 0.765. The van der Waals surface area contributed by atoms with Gasteiger partial charge in [-0.1, -0.05) is 22.7 Å². The van der Waals surface area contributed by atoms with Crippen molar-refractivity contribution in [3.8, 4) is 16.4 Å². The van der Waals surface area contributed by atoms with Crippen LogP contribution in [0.2, 0.25) is 0 Å². The highest BCUT2D eigenvalue weighted by Gasteiger charge is 2.10. The van der Waals surface area contributed by atoms with Crippen molar-refractivity contribution in [3.05, 3.63) is 42.9 Å². The number of aromatic nitrogens is 5. The van der Waals surface area contributed by atoms with Crippen LogP contribution in [0.3, 0.4) is 0 Å². The van der Waals surface area contributed by atoms with Crippen molar-refractivity contribution in [2.24, 2.45) is 0 Å². The molecule has 3 rings (SSSR count). The Balaban J connectivity index is 2.14. The molecular formula is C10H7N5S. The maximum atomic E-state index is 4.08. The lowest BCUT2D eigenvalue weighted by atomic mass is 10.3. The maximum Gasteiger partial charge on any atom is 0.181 e. The zero-order valence-electron chi connectivity index (χ0n) is 8.19. The van der Waals surface area contributed by atoms with Gasteiger partial charge in [-0.25, -0.2) is 0 Å². The lowest BCUT2D eigenvalue weighted by Crippen LogP contribution is -1.94. The molecule has 6 heteroatoms. The summed E-state index contributed by atoms with van der Waals surface area (Å²) >= 11 is 1.31. The van der Waals surface area contributed by atoms with E-state index in [0.29, 0.717) is 0 Å². The number of hydrogen-bond donors (Lipinski definition) is 0. The van der Waals surface area contributed by atoms with Crippen LogP contribution in [-0.4, -0.2) is 24.4 Å². The van der Waals surface area contributed by atoms with Crippen molar-refractivity contribution in [1.29, 1.82) is 0 Å². The first-order valence-electron chi connectivity index (χ1n) is 4.68. The summed E-state index contributed by atoms with van der Waals surface area (Å²) in [6, 6.07) is 9.93. The van der Waals surface area contributed by atoms with E-state index >= 15 is 0 Å². The Bertz CT molecular complexity index is 572. The van der Waals surface area contributed by atoms with E-state index in [1.807, 2.05) is 34.9 Å². The number of benzene rings is 1. The van der Waals surface area contributed by atoms with E-state index in [9.17, 15) is 0 Å². The Morgan fingerprint density at radius 1 is 1.06 bits per heavy atom. The first-order chi connectivity index (χ1) is 7.95. The van der Waals surface area contributed by atoms with Crippen LogP contribution in [0.5, 0.6) is 0 Å². The van der Waals surface area contributed by atoms with E-state index in [0.717, 1.165) is 16.4 Å². The number of para-hydroxylation sites is 1. The van der Waals surface area contributed by atoms with Crippen LogP contribution in [-0.2, 0) is 0 Å². The molecule has 3 aromatic rings. The van der Waals surface area contributed by atoms with Crippen LogP contribution in [0.15, 0.2) is 42.9 Å². The summed E-state index contributed by atoms with van der Waals surface area (Å²) in [6.45, 7) is 0. The molecule has 1 aromatic carbocycles. The first-order valence-corrected chi connectivity index (χ1v) is 5.45. The molecular weight excluding hydrogens is 222 g/mol. The standard InChI is InChI=1S/C10H7N5S/c1-2-4-8(5-3-1)15-7-12-13-10(15)9-6-11-14-16-9/h1-7H. The van der Waals surface area contributed by atoms with Crippen LogP contribution in [0.1, 0.15) is 0 Å². The van der Waals surface area contributed by atoms with Crippen LogP contribution < -0.4 is 0 Å². The Hall–Kier alpha value is -2.08. The number of rotatable bonds is 2. The predicted octanol–water partition coefficient (Wildman–Crippen LogP) is 1.79. The van der Waals surface area contributed by atoms with Crippen molar-refractivity contribution in [1.82, 2.24) is 24.4 Å². The van der Waals surface area contributed by atoms with E-state index < -0.39 is 0 Å². The molecule has 2 heterocycles. The first kappa shape index (κ1) is 9.17. The fourth-order valence-corrected chi connectivity index (χ4v) is 1.94. The van der Waals surface area contributed by atoms with Gasteiger partial charge in [-0.2, -0.15) is 0 Å². The molecule has 5 nitrogen and oxygen atoms in total. The monoisotopic (exact) mass is 229 g/mol. The molecule has 0 amide bonds. The van der Waals surface area contributed by atoms with Crippen molar-refractivity contribution < 1.29 is 0 Å². The number of nitrogens with zero attached hydrogens (tertiary/aromatic N) is 5. The minimum absolute atomic E-state index is 0.765. The minimum Gasteiger partial charge on any atom is -0.281 e. The Morgan fingerprint density at radius 2 is 1.94 bits per heavy atom. The average molecular weight is 229 g/mol. The van der Waals surface area contributed by atoms with Gasteiger partial charge in [0.25, 0.3) is 0 Å². The van der Waals surface area contributed by atoms with Crippen molar-refractivity contribution in [3.63, 3.8) is 0 Å². The molecule has 0 bridgehead atoms. The third-order valence-corrected chi connectivity index (χ3v) is 2.82. The van der Waals surface area contributed by atoms with E-state index in [1.165, 1.54) is 11.5 Å². The Kier molecular flexibility index (Phi) is 2.19. The Morgan fingerprint density at radius 3 is 2.69 bits per heavy atom. The summed E-state index contributed by atoms with van der Waals surface area (Å²) < 4.78 is 5.74. The largest absolute Gasteiger partial charge is 0.281 e. The van der Waals surface area contributed by atoms with Gasteiger partial charge in [-0.3, -0.25) is 4.57 Å². The third-order valence-electron chi connectivity index (χ3n) is 2.16. The fourth-order valence-electron chi connectivity index (χ4n) is 1.45. The van der Waals surface area contributed by atoms with Gasteiger partial charge in [0.2, 0.25) is 0 Å². The van der Waals surface area contributed by atoms with Gasteiger partial charge in [0.05, 0.1) is 6.20 Å². The van der Waals surface area contributed by atoms with Gasteiger partial charge >= 0.3 is 0 Å². The summed E-state index contributed by atoms with van der Waals surface area (Å²) in [5.74, 6) is 0.765. The average Bonchev–Trinajstić information content (AvgIpc) is 3.01. The molecule has 0 fully saturated rings. The molecule has 0 radical (unpaired) electrons. The zero-order chi connectivity index (χ0) is 10.8. The SMILES string of the molecule is c1ccc(-n2cnnc2-c2cnns2)cc1. The van der Waals surface area contributed by atoms with E-state index in [4.69, 9.17) is 0 Å². The third kappa shape index (κ3) is 1.49. The second-order valence-electron chi connectivity index (χ2n) is 3.14. The lowest BCUT2D eigenvalue weighted by Gasteiger charge is -2.03. The van der Waals surface area contributed by atoms with E-state index in [2.05, 4.69) is 19.8 Å². The predicted molar refractivity (Wildman–Crippen MR) is 60.3 cm³/mol. The van der Waals surface area contributed by atoms with Gasteiger partial charge in [0.1, 0.15) is 11.2 Å². The van der Waals surface area contributed by atoms with Crippen LogP contribution in [0.25, 0.3) is 16.4 Å². The summed E-state index contributed by atoms with van der Waals surface area (Å²) in [5.41, 5.74) is 1.02. The van der Waals surface area contributed by atoms with Crippen molar-refractivity contribution in [2.75, 3.05) is 0 Å². The van der Waals surface area contributed by atoms with E-state index in [-0.39, 0.29) is 0 Å². The van der Waals surface area contributed by atoms with E-state index in [1.54, 1.807) is 12.5 Å². The van der Waals surface area contributed by atoms with Crippen LogP contribution in [0.4, 0.5) is 0 Å². The molecule has 0 saturated heterocycles. The molecule has 0 N–H and O–H groups in total. The molecule has 0 saturated carbocycles. The normalized spacial score (nSPS) is 10.5. The lowest BCUT2D eigenvalue weighted by molar-refractivity contribution is 1.06. The quantitative estimate of drug-likeness (QED) is 0.672.